The summed E-state index contributed by atoms with van der Waals surface area (Å²) < 4.78 is 10.5. The number of carbonyl (C=O) groups excluding carboxylic acids is 2. The summed E-state index contributed by atoms with van der Waals surface area (Å²) in [6.45, 7) is 5.20. The number of likely N-dealkylation sites (tertiary alicyclic amines) is 1. The molecule has 178 valence electrons. The van der Waals surface area contributed by atoms with Gasteiger partial charge in [0.25, 0.3) is 0 Å². The van der Waals surface area contributed by atoms with E-state index in [-0.39, 0.29) is 19.3 Å². The molecule has 2 rings (SSSR count). The van der Waals surface area contributed by atoms with Crippen LogP contribution in [0.5, 0.6) is 0 Å². The normalized spacial score (nSPS) is 16.2. The maximum Gasteiger partial charge on any atom is 0.410 e. The van der Waals surface area contributed by atoms with Gasteiger partial charge in [-0.15, -0.1) is 0 Å². The minimum atomic E-state index is -0.992. The molecular weight excluding hydrogens is 412 g/mol. The van der Waals surface area contributed by atoms with Gasteiger partial charge in [0, 0.05) is 13.1 Å². The number of rotatable bonds is 12. The molecule has 0 saturated carbocycles. The highest BCUT2D eigenvalue weighted by molar-refractivity contribution is 5.78. The summed E-state index contributed by atoms with van der Waals surface area (Å²) in [6, 6.07) is 8.23. The largest absolute Gasteiger partial charge is 0.480 e. The van der Waals surface area contributed by atoms with Gasteiger partial charge in [-0.05, 0) is 44.6 Å². The highest BCUT2D eigenvalue weighted by atomic mass is 16.6. The van der Waals surface area contributed by atoms with E-state index in [1.165, 1.54) is 6.92 Å². The lowest BCUT2D eigenvalue weighted by molar-refractivity contribution is -0.147. The molecular formula is C24H36N2O6. The van der Waals surface area contributed by atoms with E-state index in [9.17, 15) is 14.4 Å². The summed E-state index contributed by atoms with van der Waals surface area (Å²) >= 11 is 0. The van der Waals surface area contributed by atoms with E-state index >= 15 is 0 Å². The molecule has 0 bridgehead atoms. The van der Waals surface area contributed by atoms with Crippen molar-refractivity contribution in [2.24, 2.45) is 5.92 Å². The van der Waals surface area contributed by atoms with Crippen molar-refractivity contribution in [3.63, 3.8) is 0 Å². The molecule has 0 aliphatic carbocycles. The molecule has 1 fully saturated rings. The number of nitrogens with zero attached hydrogens (tertiary/aromatic N) is 1. The number of piperidine rings is 1. The van der Waals surface area contributed by atoms with Gasteiger partial charge in [0.2, 0.25) is 0 Å². The Balaban J connectivity index is 1.65. The number of hydrogen-bond donors (Lipinski definition) is 2. The van der Waals surface area contributed by atoms with Crippen molar-refractivity contribution in [3.8, 4) is 0 Å². The molecule has 1 saturated heterocycles. The van der Waals surface area contributed by atoms with Crippen LogP contribution in [0.1, 0.15) is 57.9 Å². The first-order chi connectivity index (χ1) is 15.4. The molecule has 8 nitrogen and oxygen atoms in total. The van der Waals surface area contributed by atoms with Crippen molar-refractivity contribution in [3.05, 3.63) is 35.9 Å². The van der Waals surface area contributed by atoms with Gasteiger partial charge in [-0.1, -0.05) is 49.6 Å². The topological polar surface area (TPSA) is 105 Å². The van der Waals surface area contributed by atoms with Crippen LogP contribution < -0.4 is 5.32 Å². The zero-order valence-corrected chi connectivity index (χ0v) is 19.1. The lowest BCUT2D eigenvalue weighted by Crippen LogP contribution is -2.46. The van der Waals surface area contributed by atoms with Crippen LogP contribution in [-0.2, 0) is 25.7 Å². The van der Waals surface area contributed by atoms with E-state index < -0.39 is 24.0 Å². The monoisotopic (exact) mass is 448 g/mol. The predicted molar refractivity (Wildman–Crippen MR) is 120 cm³/mol. The summed E-state index contributed by atoms with van der Waals surface area (Å²) in [7, 11) is 0. The average Bonchev–Trinajstić information content (AvgIpc) is 2.80. The second-order valence-electron chi connectivity index (χ2n) is 8.29. The van der Waals surface area contributed by atoms with Crippen molar-refractivity contribution in [2.45, 2.75) is 71.1 Å². The molecule has 0 radical (unpaired) electrons. The number of esters is 1. The Kier molecular flexibility index (Phi) is 11.0. The number of ether oxygens (including phenoxy) is 2. The maximum atomic E-state index is 12.3. The van der Waals surface area contributed by atoms with E-state index in [2.05, 4.69) is 5.32 Å². The summed E-state index contributed by atoms with van der Waals surface area (Å²) in [6.07, 6.45) is 4.94. The van der Waals surface area contributed by atoms with Gasteiger partial charge in [-0.3, -0.25) is 14.9 Å². The van der Waals surface area contributed by atoms with Gasteiger partial charge in [0.05, 0.1) is 6.61 Å². The molecule has 1 heterocycles. The predicted octanol–water partition coefficient (Wildman–Crippen LogP) is 3.59. The molecule has 1 amide bonds. The van der Waals surface area contributed by atoms with Crippen LogP contribution in [0.4, 0.5) is 4.79 Å². The fourth-order valence-electron chi connectivity index (χ4n) is 3.88. The Labute approximate surface area is 190 Å². The summed E-state index contributed by atoms with van der Waals surface area (Å²) in [5.41, 5.74) is 0.976. The molecule has 2 atom stereocenters. The van der Waals surface area contributed by atoms with Gasteiger partial charge in [-0.25, -0.2) is 4.79 Å². The second-order valence-corrected chi connectivity index (χ2v) is 8.29. The maximum absolute atomic E-state index is 12.3. The molecule has 0 aromatic heterocycles. The van der Waals surface area contributed by atoms with E-state index in [0.29, 0.717) is 25.4 Å². The third kappa shape index (κ3) is 8.86. The van der Waals surface area contributed by atoms with Crippen LogP contribution in [0.15, 0.2) is 30.3 Å². The molecule has 2 N–H and O–H groups in total. The Morgan fingerprint density at radius 1 is 1.12 bits per heavy atom. The molecule has 1 aliphatic heterocycles. The van der Waals surface area contributed by atoms with E-state index in [1.807, 2.05) is 30.3 Å². The van der Waals surface area contributed by atoms with Crippen molar-refractivity contribution in [1.82, 2.24) is 10.2 Å². The Hall–Kier alpha value is -2.61. The van der Waals surface area contributed by atoms with Gasteiger partial charge in [-0.2, -0.15) is 0 Å². The Morgan fingerprint density at radius 3 is 2.44 bits per heavy atom. The number of unbranched alkanes of at least 4 members (excludes halogenated alkanes) is 1. The van der Waals surface area contributed by atoms with Gasteiger partial charge >= 0.3 is 18.0 Å². The number of carboxylic acid groups (broad SMARTS) is 1. The smallest absolute Gasteiger partial charge is 0.410 e. The highest BCUT2D eigenvalue weighted by Crippen LogP contribution is 2.24. The Morgan fingerprint density at radius 2 is 1.81 bits per heavy atom. The van der Waals surface area contributed by atoms with Crippen molar-refractivity contribution in [2.75, 3.05) is 19.7 Å². The van der Waals surface area contributed by atoms with E-state index in [4.69, 9.17) is 14.6 Å². The molecule has 0 spiro atoms. The van der Waals surface area contributed by atoms with E-state index in [1.54, 1.807) is 11.8 Å². The number of carboxylic acids is 1. The van der Waals surface area contributed by atoms with Crippen LogP contribution in [0.3, 0.4) is 0 Å². The minimum Gasteiger partial charge on any atom is -0.480 e. The van der Waals surface area contributed by atoms with Gasteiger partial charge in [0.15, 0.2) is 0 Å². The van der Waals surface area contributed by atoms with Gasteiger partial charge < -0.3 is 19.5 Å². The number of benzene rings is 1. The lowest BCUT2D eigenvalue weighted by Gasteiger charge is -2.31. The zero-order valence-electron chi connectivity index (χ0n) is 19.1. The second kappa shape index (κ2) is 13.7. The summed E-state index contributed by atoms with van der Waals surface area (Å²) in [4.78, 5) is 37.3. The first kappa shape index (κ1) is 25.6. The number of aliphatic carboxylic acids is 1. The van der Waals surface area contributed by atoms with Crippen LogP contribution in [0.25, 0.3) is 0 Å². The first-order valence-corrected chi connectivity index (χ1v) is 11.5. The summed E-state index contributed by atoms with van der Waals surface area (Å²) in [5.74, 6) is -0.851. The Bertz CT molecular complexity index is 718. The number of nitrogens with one attached hydrogen (secondary N) is 1. The quantitative estimate of drug-likeness (QED) is 0.372. The van der Waals surface area contributed by atoms with Crippen LogP contribution in [-0.4, -0.2) is 59.8 Å². The highest BCUT2D eigenvalue weighted by Gasteiger charge is 2.26. The fraction of sp³-hybridized carbons (Fsp3) is 0.625. The standard InChI is InChI=1S/C24H36N2O6/c1-3-31-23(29)21(25-18(2)22(27)28)12-8-7-9-19-13-15-26(16-14-19)24(30)32-17-20-10-5-4-6-11-20/h4-6,10-11,18-19,21,25H,3,7-9,12-17H2,1-2H3,(H,27,28)/t18-,21-/m0/s1. The molecule has 0 unspecified atom stereocenters. The molecule has 8 heteroatoms. The number of hydrogen-bond acceptors (Lipinski definition) is 6. The first-order valence-electron chi connectivity index (χ1n) is 11.5. The molecule has 1 aromatic carbocycles. The van der Waals surface area contributed by atoms with Crippen molar-refractivity contribution in [1.29, 1.82) is 0 Å². The van der Waals surface area contributed by atoms with E-state index in [0.717, 1.165) is 37.7 Å². The average molecular weight is 449 g/mol. The SMILES string of the molecule is CCOC(=O)[C@H](CCCCC1CCN(C(=O)OCc2ccccc2)CC1)N[C@@H](C)C(=O)O. The number of amides is 1. The molecule has 1 aromatic rings. The molecule has 32 heavy (non-hydrogen) atoms. The third-order valence-electron chi connectivity index (χ3n) is 5.83. The molecule has 1 aliphatic rings. The van der Waals surface area contributed by atoms with Crippen molar-refractivity contribution >= 4 is 18.0 Å². The van der Waals surface area contributed by atoms with Crippen LogP contribution in [0.2, 0.25) is 0 Å². The van der Waals surface area contributed by atoms with Crippen LogP contribution >= 0.6 is 0 Å². The van der Waals surface area contributed by atoms with Gasteiger partial charge in [0.1, 0.15) is 18.7 Å². The zero-order chi connectivity index (χ0) is 23.3. The fourth-order valence-corrected chi connectivity index (χ4v) is 3.88. The third-order valence-corrected chi connectivity index (χ3v) is 5.83. The minimum absolute atomic E-state index is 0.261. The van der Waals surface area contributed by atoms with Crippen molar-refractivity contribution < 1.29 is 29.0 Å². The van der Waals surface area contributed by atoms with Crippen LogP contribution in [0, 0.1) is 5.92 Å². The number of carbonyl (C=O) groups is 3. The summed E-state index contributed by atoms with van der Waals surface area (Å²) in [5, 5.41) is 11.9. The lowest BCUT2D eigenvalue weighted by atomic mass is 9.91.